The molecule has 0 spiro atoms. The molecule has 1 N–H and O–H groups in total. The predicted molar refractivity (Wildman–Crippen MR) is 75.0 cm³/mol. The van der Waals surface area contributed by atoms with Gasteiger partial charge in [-0.3, -0.25) is 0 Å². The number of nitrogens with zero attached hydrogens (tertiary/aromatic N) is 1. The first-order chi connectivity index (χ1) is 9.11. The molecule has 1 aromatic heterocycles. The summed E-state index contributed by atoms with van der Waals surface area (Å²) >= 11 is 1.19. The van der Waals surface area contributed by atoms with Crippen LogP contribution in [-0.2, 0) is 0 Å². The molecule has 0 saturated carbocycles. The number of rotatable bonds is 5. The number of thiazole rings is 1. The highest BCUT2D eigenvalue weighted by Crippen LogP contribution is 2.29. The number of carboxylic acid groups (broad SMARTS) is 1. The van der Waals surface area contributed by atoms with Crippen LogP contribution < -0.4 is 4.74 Å². The molecular weight excluding hydrogens is 262 g/mol. The smallest absolute Gasteiger partial charge is 0.347 e. The van der Waals surface area contributed by atoms with Crippen LogP contribution in [0.1, 0.15) is 28.7 Å². The number of hydrogen-bond donors (Lipinski definition) is 1. The zero-order chi connectivity index (χ0) is 13.8. The molecule has 0 aliphatic rings. The van der Waals surface area contributed by atoms with Crippen LogP contribution in [-0.4, -0.2) is 22.7 Å². The molecule has 2 rings (SSSR count). The zero-order valence-electron chi connectivity index (χ0n) is 10.8. The van der Waals surface area contributed by atoms with Crippen molar-refractivity contribution in [2.24, 2.45) is 0 Å². The van der Waals surface area contributed by atoms with Gasteiger partial charge in [-0.15, -0.1) is 11.3 Å². The van der Waals surface area contributed by atoms with Gasteiger partial charge in [-0.2, -0.15) is 0 Å². The third-order valence-electron chi connectivity index (χ3n) is 2.56. The van der Waals surface area contributed by atoms with Gasteiger partial charge in [0, 0.05) is 5.56 Å². The van der Waals surface area contributed by atoms with Gasteiger partial charge in [0.15, 0.2) is 0 Å². The summed E-state index contributed by atoms with van der Waals surface area (Å²) in [6.45, 7) is 4.46. The Hall–Kier alpha value is -1.88. The minimum Gasteiger partial charge on any atom is -0.494 e. The largest absolute Gasteiger partial charge is 0.494 e. The number of benzene rings is 1. The molecule has 2 aromatic rings. The highest BCUT2D eigenvalue weighted by molar-refractivity contribution is 7.17. The van der Waals surface area contributed by atoms with Crippen molar-refractivity contribution >= 4 is 17.3 Å². The van der Waals surface area contributed by atoms with Crippen LogP contribution in [0.4, 0.5) is 0 Å². The van der Waals surface area contributed by atoms with Crippen molar-refractivity contribution in [1.29, 1.82) is 0 Å². The predicted octanol–water partition coefficient (Wildman–Crippen LogP) is 3.61. The Kier molecular flexibility index (Phi) is 4.16. The second kappa shape index (κ2) is 5.84. The van der Waals surface area contributed by atoms with Gasteiger partial charge in [0.2, 0.25) is 0 Å². The van der Waals surface area contributed by atoms with E-state index >= 15 is 0 Å². The Morgan fingerprint density at radius 3 is 2.58 bits per heavy atom. The minimum atomic E-state index is -0.927. The maximum Gasteiger partial charge on any atom is 0.347 e. The molecule has 1 heterocycles. The van der Waals surface area contributed by atoms with Gasteiger partial charge in [-0.1, -0.05) is 6.92 Å². The molecule has 19 heavy (non-hydrogen) atoms. The van der Waals surface area contributed by atoms with E-state index in [0.717, 1.165) is 22.7 Å². The summed E-state index contributed by atoms with van der Waals surface area (Å²) in [5, 5.41) is 9.74. The molecule has 0 atom stereocenters. The molecule has 0 aliphatic heterocycles. The molecule has 0 saturated heterocycles. The standard InChI is InChI=1S/C14H15NO3S/c1-3-8-18-11-6-4-10(5-7-11)13-15-9(2)12(19-13)14(16)17/h4-7H,3,8H2,1-2H3,(H,16,17). The Morgan fingerprint density at radius 2 is 2.05 bits per heavy atom. The monoisotopic (exact) mass is 277 g/mol. The highest BCUT2D eigenvalue weighted by Gasteiger charge is 2.14. The molecule has 0 amide bonds. The van der Waals surface area contributed by atoms with Crippen LogP contribution in [0.15, 0.2) is 24.3 Å². The summed E-state index contributed by atoms with van der Waals surface area (Å²) in [6.07, 6.45) is 0.968. The Morgan fingerprint density at radius 1 is 1.37 bits per heavy atom. The van der Waals surface area contributed by atoms with Crippen LogP contribution in [0, 0.1) is 6.92 Å². The molecule has 0 radical (unpaired) electrons. The van der Waals surface area contributed by atoms with Crippen molar-refractivity contribution in [3.05, 3.63) is 34.8 Å². The van der Waals surface area contributed by atoms with Crippen molar-refractivity contribution in [2.45, 2.75) is 20.3 Å². The molecular formula is C14H15NO3S. The topological polar surface area (TPSA) is 59.4 Å². The van der Waals surface area contributed by atoms with Gasteiger partial charge in [0.25, 0.3) is 0 Å². The van der Waals surface area contributed by atoms with Crippen LogP contribution in [0.25, 0.3) is 10.6 Å². The number of hydrogen-bond acceptors (Lipinski definition) is 4. The van der Waals surface area contributed by atoms with Gasteiger partial charge in [0.1, 0.15) is 15.6 Å². The normalized spacial score (nSPS) is 10.4. The van der Waals surface area contributed by atoms with E-state index in [1.165, 1.54) is 11.3 Å². The Labute approximate surface area is 115 Å². The third kappa shape index (κ3) is 3.12. The van der Waals surface area contributed by atoms with E-state index in [2.05, 4.69) is 11.9 Å². The summed E-state index contributed by atoms with van der Waals surface area (Å²) in [4.78, 5) is 15.6. The second-order valence-corrected chi connectivity index (χ2v) is 5.11. The van der Waals surface area contributed by atoms with Crippen LogP contribution in [0.2, 0.25) is 0 Å². The highest BCUT2D eigenvalue weighted by atomic mass is 32.1. The maximum absolute atomic E-state index is 11.0. The number of ether oxygens (including phenoxy) is 1. The van der Waals surface area contributed by atoms with Crippen LogP contribution in [0.5, 0.6) is 5.75 Å². The van der Waals surface area contributed by atoms with Crippen molar-refractivity contribution in [1.82, 2.24) is 4.98 Å². The average Bonchev–Trinajstić information content (AvgIpc) is 2.79. The van der Waals surface area contributed by atoms with Crippen molar-refractivity contribution in [2.75, 3.05) is 6.61 Å². The van der Waals surface area contributed by atoms with Gasteiger partial charge in [0.05, 0.1) is 12.3 Å². The molecule has 0 unspecified atom stereocenters. The molecule has 100 valence electrons. The fourth-order valence-corrected chi connectivity index (χ4v) is 2.54. The Balaban J connectivity index is 2.22. The number of aromatic carboxylic acids is 1. The fraction of sp³-hybridized carbons (Fsp3) is 0.286. The lowest BCUT2D eigenvalue weighted by atomic mass is 10.2. The first kappa shape index (κ1) is 13.5. The molecule has 0 fully saturated rings. The lowest BCUT2D eigenvalue weighted by molar-refractivity contribution is 0.0701. The summed E-state index contributed by atoms with van der Waals surface area (Å²) in [5.74, 6) is -0.110. The minimum absolute atomic E-state index is 0.293. The van der Waals surface area contributed by atoms with Gasteiger partial charge >= 0.3 is 5.97 Å². The molecule has 1 aromatic carbocycles. The number of aryl methyl sites for hydroxylation is 1. The van der Waals surface area contributed by atoms with E-state index in [9.17, 15) is 4.79 Å². The number of carbonyl (C=O) groups is 1. The maximum atomic E-state index is 11.0. The van der Waals surface area contributed by atoms with E-state index in [1.807, 2.05) is 24.3 Å². The van der Waals surface area contributed by atoms with Crippen molar-refractivity contribution in [3.8, 4) is 16.3 Å². The van der Waals surface area contributed by atoms with Crippen molar-refractivity contribution in [3.63, 3.8) is 0 Å². The first-order valence-electron chi connectivity index (χ1n) is 6.05. The number of aromatic nitrogens is 1. The zero-order valence-corrected chi connectivity index (χ0v) is 11.7. The lowest BCUT2D eigenvalue weighted by Gasteiger charge is -2.04. The van der Waals surface area contributed by atoms with E-state index in [-0.39, 0.29) is 0 Å². The average molecular weight is 277 g/mol. The van der Waals surface area contributed by atoms with Crippen molar-refractivity contribution < 1.29 is 14.6 Å². The van der Waals surface area contributed by atoms with Crippen LogP contribution >= 0.6 is 11.3 Å². The molecule has 0 aliphatic carbocycles. The first-order valence-corrected chi connectivity index (χ1v) is 6.87. The SMILES string of the molecule is CCCOc1ccc(-c2nc(C)c(C(=O)O)s2)cc1. The van der Waals surface area contributed by atoms with Crippen LogP contribution in [0.3, 0.4) is 0 Å². The summed E-state index contributed by atoms with van der Waals surface area (Å²) in [5.41, 5.74) is 1.46. The van der Waals surface area contributed by atoms with Gasteiger partial charge in [-0.25, -0.2) is 9.78 Å². The van der Waals surface area contributed by atoms with Gasteiger partial charge < -0.3 is 9.84 Å². The van der Waals surface area contributed by atoms with E-state index in [4.69, 9.17) is 9.84 Å². The lowest BCUT2D eigenvalue weighted by Crippen LogP contribution is -1.94. The van der Waals surface area contributed by atoms with E-state index in [1.54, 1.807) is 6.92 Å². The molecule has 5 heteroatoms. The van der Waals surface area contributed by atoms with E-state index < -0.39 is 5.97 Å². The summed E-state index contributed by atoms with van der Waals surface area (Å²) < 4.78 is 5.50. The molecule has 0 bridgehead atoms. The summed E-state index contributed by atoms with van der Waals surface area (Å²) in [6, 6.07) is 7.55. The fourth-order valence-electron chi connectivity index (χ4n) is 1.63. The number of carboxylic acids is 1. The quantitative estimate of drug-likeness (QED) is 0.907. The van der Waals surface area contributed by atoms with E-state index in [0.29, 0.717) is 17.2 Å². The summed E-state index contributed by atoms with van der Waals surface area (Å²) in [7, 11) is 0. The second-order valence-electron chi connectivity index (χ2n) is 4.11. The Bertz CT molecular complexity index is 575. The van der Waals surface area contributed by atoms with Gasteiger partial charge in [-0.05, 0) is 37.6 Å². The molecule has 4 nitrogen and oxygen atoms in total. The third-order valence-corrected chi connectivity index (χ3v) is 3.76.